The van der Waals surface area contributed by atoms with Gasteiger partial charge in [-0.25, -0.2) is 0 Å². The van der Waals surface area contributed by atoms with Crippen molar-refractivity contribution in [3.8, 4) is 0 Å². The molecule has 68 valence electrons. The maximum absolute atomic E-state index is 10.9. The van der Waals surface area contributed by atoms with E-state index in [9.17, 15) is 4.79 Å². The molecule has 3 N–H and O–H groups in total. The summed E-state index contributed by atoms with van der Waals surface area (Å²) in [5.74, 6) is 0.100. The quantitative estimate of drug-likeness (QED) is 0.615. The molecule has 0 aromatic heterocycles. The molecule has 3 atom stereocenters. The third-order valence-electron chi connectivity index (χ3n) is 3.40. The minimum Gasteiger partial charge on any atom is -0.480 e. The Balaban J connectivity index is 2.17. The zero-order chi connectivity index (χ0) is 8.77. The van der Waals surface area contributed by atoms with Crippen LogP contribution in [0, 0.1) is 11.8 Å². The lowest BCUT2D eigenvalue weighted by Gasteiger charge is -2.23. The molecule has 0 bridgehead atoms. The van der Waals surface area contributed by atoms with Crippen molar-refractivity contribution in [2.45, 2.75) is 37.6 Å². The molecule has 2 aliphatic carbocycles. The van der Waals surface area contributed by atoms with Crippen molar-refractivity contribution in [3.63, 3.8) is 0 Å². The molecule has 0 radical (unpaired) electrons. The summed E-state index contributed by atoms with van der Waals surface area (Å²) in [4.78, 5) is 10.9. The fraction of sp³-hybridized carbons (Fsp3) is 0.889. The molecule has 0 saturated heterocycles. The predicted octanol–water partition coefficient (Wildman–Crippen LogP) is 0.979. The Bertz CT molecular complexity index is 217. The summed E-state index contributed by atoms with van der Waals surface area (Å²) in [5.41, 5.74) is 5.00. The number of fused-ring (bicyclic) bond motifs is 1. The van der Waals surface area contributed by atoms with Gasteiger partial charge in [-0.05, 0) is 24.7 Å². The molecule has 0 aromatic rings. The second kappa shape index (κ2) is 2.46. The van der Waals surface area contributed by atoms with Crippen molar-refractivity contribution in [1.82, 2.24) is 0 Å². The highest BCUT2D eigenvalue weighted by Crippen LogP contribution is 2.52. The van der Waals surface area contributed by atoms with Crippen LogP contribution in [0.5, 0.6) is 0 Å². The van der Waals surface area contributed by atoms with Crippen molar-refractivity contribution in [2.75, 3.05) is 0 Å². The average Bonchev–Trinajstić information content (AvgIpc) is 2.74. The highest BCUT2D eigenvalue weighted by molar-refractivity contribution is 5.79. The molecule has 2 fully saturated rings. The molecule has 0 heterocycles. The maximum atomic E-state index is 10.9. The zero-order valence-electron chi connectivity index (χ0n) is 7.12. The summed E-state index contributed by atoms with van der Waals surface area (Å²) < 4.78 is 0. The normalized spacial score (nSPS) is 46.1. The van der Waals surface area contributed by atoms with Crippen LogP contribution >= 0.6 is 0 Å². The summed E-state index contributed by atoms with van der Waals surface area (Å²) in [6.07, 6.45) is 5.05. The Morgan fingerprint density at radius 1 is 1.50 bits per heavy atom. The molecule has 0 spiro atoms. The number of carboxylic acids is 1. The first-order valence-electron chi connectivity index (χ1n) is 4.67. The highest BCUT2D eigenvalue weighted by atomic mass is 16.4. The minimum atomic E-state index is -0.888. The van der Waals surface area contributed by atoms with Crippen LogP contribution in [0.25, 0.3) is 0 Å². The summed E-state index contributed by atoms with van der Waals surface area (Å²) in [6, 6.07) is 0. The highest BCUT2D eigenvalue weighted by Gasteiger charge is 2.55. The van der Waals surface area contributed by atoms with Crippen molar-refractivity contribution >= 4 is 5.97 Å². The Morgan fingerprint density at radius 3 is 2.92 bits per heavy atom. The first-order chi connectivity index (χ1) is 5.64. The van der Waals surface area contributed by atoms with Crippen LogP contribution < -0.4 is 5.73 Å². The summed E-state index contributed by atoms with van der Waals surface area (Å²) in [7, 11) is 0. The van der Waals surface area contributed by atoms with E-state index in [1.807, 2.05) is 0 Å². The largest absolute Gasteiger partial charge is 0.480 e. The van der Waals surface area contributed by atoms with Crippen LogP contribution in [-0.2, 0) is 4.79 Å². The van der Waals surface area contributed by atoms with Gasteiger partial charge in [0.15, 0.2) is 0 Å². The van der Waals surface area contributed by atoms with E-state index in [0.29, 0.717) is 12.3 Å². The number of aliphatic carboxylic acids is 1. The molecule has 12 heavy (non-hydrogen) atoms. The van der Waals surface area contributed by atoms with Crippen LogP contribution in [0.1, 0.15) is 32.1 Å². The van der Waals surface area contributed by atoms with Crippen LogP contribution in [-0.4, -0.2) is 16.6 Å². The van der Waals surface area contributed by atoms with Crippen LogP contribution in [0.2, 0.25) is 0 Å². The average molecular weight is 169 g/mol. The fourth-order valence-electron chi connectivity index (χ4n) is 2.47. The smallest absolute Gasteiger partial charge is 0.323 e. The van der Waals surface area contributed by atoms with E-state index in [1.165, 1.54) is 6.42 Å². The second-order valence-corrected chi connectivity index (χ2v) is 4.19. The van der Waals surface area contributed by atoms with Gasteiger partial charge in [0.05, 0.1) is 0 Å². The van der Waals surface area contributed by atoms with Crippen molar-refractivity contribution in [1.29, 1.82) is 0 Å². The third-order valence-corrected chi connectivity index (χ3v) is 3.40. The van der Waals surface area contributed by atoms with E-state index in [4.69, 9.17) is 10.8 Å². The van der Waals surface area contributed by atoms with E-state index >= 15 is 0 Å². The predicted molar refractivity (Wildman–Crippen MR) is 44.6 cm³/mol. The first kappa shape index (κ1) is 8.05. The number of rotatable bonds is 1. The van der Waals surface area contributed by atoms with E-state index in [1.54, 1.807) is 0 Å². The molecule has 0 aromatic carbocycles. The van der Waals surface area contributed by atoms with E-state index in [0.717, 1.165) is 19.3 Å². The molecular formula is C9H15NO2. The molecule has 2 rings (SSSR count). The van der Waals surface area contributed by atoms with E-state index in [2.05, 4.69) is 0 Å². The van der Waals surface area contributed by atoms with Crippen LogP contribution in [0.3, 0.4) is 0 Å². The topological polar surface area (TPSA) is 63.3 Å². The standard InChI is InChI=1S/C9H15NO2/c10-9(8(11)12)4-2-1-3-6-5-7(6)9/h6-7H,1-5,10H2,(H,11,12). The number of nitrogens with two attached hydrogens (primary N) is 1. The lowest BCUT2D eigenvalue weighted by Crippen LogP contribution is -2.50. The Morgan fingerprint density at radius 2 is 2.25 bits per heavy atom. The third kappa shape index (κ3) is 1.04. The van der Waals surface area contributed by atoms with Gasteiger partial charge < -0.3 is 10.8 Å². The molecule has 2 saturated carbocycles. The van der Waals surface area contributed by atoms with Crippen LogP contribution in [0.4, 0.5) is 0 Å². The van der Waals surface area contributed by atoms with Gasteiger partial charge in [0.1, 0.15) is 5.54 Å². The zero-order valence-corrected chi connectivity index (χ0v) is 7.12. The fourth-order valence-corrected chi connectivity index (χ4v) is 2.47. The van der Waals surface area contributed by atoms with E-state index < -0.39 is 11.5 Å². The lowest BCUT2D eigenvalue weighted by molar-refractivity contribution is -0.144. The maximum Gasteiger partial charge on any atom is 0.323 e. The number of carbonyl (C=O) groups is 1. The molecule has 0 amide bonds. The molecule has 3 heteroatoms. The van der Waals surface area contributed by atoms with Gasteiger partial charge in [0.2, 0.25) is 0 Å². The van der Waals surface area contributed by atoms with Gasteiger partial charge in [0.25, 0.3) is 0 Å². The molecule has 0 aliphatic heterocycles. The van der Waals surface area contributed by atoms with Gasteiger partial charge in [-0.2, -0.15) is 0 Å². The van der Waals surface area contributed by atoms with Gasteiger partial charge in [-0.1, -0.05) is 19.3 Å². The lowest BCUT2D eigenvalue weighted by atomic mass is 9.89. The second-order valence-electron chi connectivity index (χ2n) is 4.19. The van der Waals surface area contributed by atoms with E-state index in [-0.39, 0.29) is 5.92 Å². The summed E-state index contributed by atoms with van der Waals surface area (Å²) in [5, 5.41) is 8.99. The molecule has 2 aliphatic rings. The number of carboxylic acid groups (broad SMARTS) is 1. The van der Waals surface area contributed by atoms with Gasteiger partial charge in [-0.15, -0.1) is 0 Å². The Kier molecular flexibility index (Phi) is 1.65. The van der Waals surface area contributed by atoms with Gasteiger partial charge >= 0.3 is 5.97 Å². The number of hydrogen-bond donors (Lipinski definition) is 2. The van der Waals surface area contributed by atoms with Crippen molar-refractivity contribution < 1.29 is 9.90 Å². The molecular weight excluding hydrogens is 154 g/mol. The Labute approximate surface area is 71.9 Å². The van der Waals surface area contributed by atoms with Crippen molar-refractivity contribution in [2.24, 2.45) is 17.6 Å². The van der Waals surface area contributed by atoms with Gasteiger partial charge in [0, 0.05) is 0 Å². The summed E-state index contributed by atoms with van der Waals surface area (Å²) in [6.45, 7) is 0. The SMILES string of the molecule is NC1(C(=O)O)CCCCC2CC21. The first-order valence-corrected chi connectivity index (χ1v) is 4.67. The molecule has 3 nitrogen and oxygen atoms in total. The molecule has 3 unspecified atom stereocenters. The number of hydrogen-bond acceptors (Lipinski definition) is 2. The van der Waals surface area contributed by atoms with Crippen molar-refractivity contribution in [3.05, 3.63) is 0 Å². The minimum absolute atomic E-state index is 0.275. The van der Waals surface area contributed by atoms with Gasteiger partial charge in [-0.3, -0.25) is 4.79 Å². The monoisotopic (exact) mass is 169 g/mol. The van der Waals surface area contributed by atoms with Crippen LogP contribution in [0.15, 0.2) is 0 Å². The summed E-state index contributed by atoms with van der Waals surface area (Å²) >= 11 is 0. The Hall–Kier alpha value is -0.570.